The number of rotatable bonds is 6. The number of nitrogens with one attached hydrogen (secondary N) is 1. The molecule has 12 heteroatoms. The molecule has 0 spiro atoms. The highest BCUT2D eigenvalue weighted by Crippen LogP contribution is 2.37. The number of anilines is 2. The number of aromatic nitrogens is 3. The Hall–Kier alpha value is -3.90. The van der Waals surface area contributed by atoms with Crippen LogP contribution in [0.1, 0.15) is 43.1 Å². The van der Waals surface area contributed by atoms with E-state index in [9.17, 15) is 22.0 Å². The van der Waals surface area contributed by atoms with Crippen molar-refractivity contribution in [2.75, 3.05) is 23.4 Å². The van der Waals surface area contributed by atoms with Crippen LogP contribution in [0.2, 0.25) is 0 Å². The van der Waals surface area contributed by atoms with Crippen LogP contribution in [-0.2, 0) is 6.18 Å². The molecule has 3 heterocycles. The van der Waals surface area contributed by atoms with E-state index in [0.717, 1.165) is 12.3 Å². The summed E-state index contributed by atoms with van der Waals surface area (Å²) in [5.74, 6) is 5.49. The zero-order valence-electron chi connectivity index (χ0n) is 21.8. The summed E-state index contributed by atoms with van der Waals surface area (Å²) in [6.45, 7) is 4.94. The van der Waals surface area contributed by atoms with E-state index >= 15 is 0 Å². The highest BCUT2D eigenvalue weighted by molar-refractivity contribution is 5.90. The summed E-state index contributed by atoms with van der Waals surface area (Å²) in [4.78, 5) is 17.4. The first-order valence-electron chi connectivity index (χ1n) is 12.8. The van der Waals surface area contributed by atoms with Crippen molar-refractivity contribution in [2.24, 2.45) is 5.84 Å². The van der Waals surface area contributed by atoms with Crippen LogP contribution in [0.3, 0.4) is 0 Å². The molecule has 3 atom stereocenters. The van der Waals surface area contributed by atoms with E-state index in [1.54, 1.807) is 18.2 Å². The highest BCUT2D eigenvalue weighted by Gasteiger charge is 2.38. The van der Waals surface area contributed by atoms with Gasteiger partial charge in [0.2, 0.25) is 5.95 Å². The van der Waals surface area contributed by atoms with Crippen LogP contribution in [0, 0.1) is 11.6 Å². The molecule has 1 aliphatic heterocycles. The lowest BCUT2D eigenvalue weighted by Gasteiger charge is -2.49. The molecule has 7 nitrogen and oxygen atoms in total. The average molecular weight is 558 g/mol. The number of benzene rings is 2. The monoisotopic (exact) mass is 557 g/mol. The second-order valence-corrected chi connectivity index (χ2v) is 9.86. The van der Waals surface area contributed by atoms with Crippen molar-refractivity contribution >= 4 is 22.7 Å². The minimum atomic E-state index is -4.51. The number of pyridine rings is 1. The van der Waals surface area contributed by atoms with Crippen molar-refractivity contribution in [2.45, 2.75) is 44.6 Å². The topological polar surface area (TPSA) is 83.2 Å². The van der Waals surface area contributed by atoms with Gasteiger partial charge in [-0.25, -0.2) is 19.6 Å². The van der Waals surface area contributed by atoms with Crippen molar-refractivity contribution in [3.05, 3.63) is 89.2 Å². The third kappa shape index (κ3) is 5.41. The molecular weight excluding hydrogens is 529 g/mol. The molecule has 40 heavy (non-hydrogen) atoms. The van der Waals surface area contributed by atoms with E-state index in [2.05, 4.69) is 30.2 Å². The lowest BCUT2D eigenvalue weighted by atomic mass is 9.94. The van der Waals surface area contributed by atoms with E-state index in [4.69, 9.17) is 5.84 Å². The average Bonchev–Trinajstić information content (AvgIpc) is 2.94. The standard InChI is InChI=1S/C28H28F5N7/c1-3-21-15-39(26-22-12-20(30)9-11-23(22)36-27(37-26)38-34)16(2)14-40(21)25(17-4-7-19(29)8-5-17)24-10-6-18(13-35-24)28(31,32)33/h4-13,16,21,25H,3,14-15,34H2,1-2H3,(H,36,37,38)/t16-,21+,25?/m0/s1. The third-order valence-corrected chi connectivity index (χ3v) is 7.30. The van der Waals surface area contributed by atoms with Gasteiger partial charge in [-0.1, -0.05) is 19.1 Å². The Morgan fingerprint density at radius 3 is 2.35 bits per heavy atom. The maximum Gasteiger partial charge on any atom is 0.417 e. The fourth-order valence-electron chi connectivity index (χ4n) is 5.32. The van der Waals surface area contributed by atoms with Crippen molar-refractivity contribution in [1.82, 2.24) is 19.9 Å². The molecule has 4 aromatic rings. The van der Waals surface area contributed by atoms with Gasteiger partial charge < -0.3 is 4.90 Å². The molecule has 1 fully saturated rings. The summed E-state index contributed by atoms with van der Waals surface area (Å²) in [5, 5.41) is 0.536. The normalized spacial score (nSPS) is 19.1. The lowest BCUT2D eigenvalue weighted by Crippen LogP contribution is -2.58. The zero-order valence-corrected chi connectivity index (χ0v) is 21.8. The number of fused-ring (bicyclic) bond motifs is 1. The van der Waals surface area contributed by atoms with Crippen molar-refractivity contribution in [3.8, 4) is 0 Å². The fraction of sp³-hybridized carbons (Fsp3) is 0.321. The summed E-state index contributed by atoms with van der Waals surface area (Å²) >= 11 is 0. The third-order valence-electron chi connectivity index (χ3n) is 7.30. The van der Waals surface area contributed by atoms with Crippen LogP contribution in [0.15, 0.2) is 60.8 Å². The SMILES string of the molecule is CC[C@@H]1CN(c2nc(NN)nc3ccc(F)cc23)[C@@H](C)CN1C(c1ccc(F)cc1)c1ccc(C(F)(F)F)cn1. The number of nitrogens with zero attached hydrogens (tertiary/aromatic N) is 5. The van der Waals surface area contributed by atoms with Crippen LogP contribution in [0.4, 0.5) is 33.7 Å². The quantitative estimate of drug-likeness (QED) is 0.179. The smallest absolute Gasteiger partial charge is 0.350 e. The molecule has 0 bridgehead atoms. The predicted molar refractivity (Wildman–Crippen MR) is 142 cm³/mol. The molecule has 2 aromatic heterocycles. The second-order valence-electron chi connectivity index (χ2n) is 9.86. The Balaban J connectivity index is 1.55. The molecule has 2 aromatic carbocycles. The highest BCUT2D eigenvalue weighted by atomic mass is 19.4. The summed E-state index contributed by atoms with van der Waals surface area (Å²) in [7, 11) is 0. The minimum Gasteiger partial charge on any atom is -0.350 e. The Labute approximate surface area is 227 Å². The fourth-order valence-corrected chi connectivity index (χ4v) is 5.32. The van der Waals surface area contributed by atoms with E-state index in [1.807, 2.05) is 13.8 Å². The van der Waals surface area contributed by atoms with Gasteiger partial charge in [-0.2, -0.15) is 18.2 Å². The number of halogens is 5. The summed E-state index contributed by atoms with van der Waals surface area (Å²) in [5.41, 5.74) is 3.28. The lowest BCUT2D eigenvalue weighted by molar-refractivity contribution is -0.137. The molecule has 0 amide bonds. The zero-order chi connectivity index (χ0) is 28.6. The number of piperazine rings is 1. The Morgan fingerprint density at radius 1 is 1.00 bits per heavy atom. The molecule has 210 valence electrons. The van der Waals surface area contributed by atoms with Gasteiger partial charge >= 0.3 is 6.18 Å². The first-order valence-corrected chi connectivity index (χ1v) is 12.8. The van der Waals surface area contributed by atoms with E-state index < -0.39 is 29.4 Å². The first-order chi connectivity index (χ1) is 19.1. The summed E-state index contributed by atoms with van der Waals surface area (Å²) in [6.07, 6.45) is -3.00. The molecule has 1 saturated heterocycles. The summed E-state index contributed by atoms with van der Waals surface area (Å²) < 4.78 is 67.9. The molecular formula is C28H28F5N7. The van der Waals surface area contributed by atoms with Gasteiger partial charge in [0.15, 0.2) is 0 Å². The predicted octanol–water partition coefficient (Wildman–Crippen LogP) is 5.69. The number of nitrogen functional groups attached to an aromatic ring is 1. The first kappa shape index (κ1) is 27.7. The van der Waals surface area contributed by atoms with Gasteiger partial charge in [0.1, 0.15) is 17.5 Å². The van der Waals surface area contributed by atoms with Crippen molar-refractivity contribution < 1.29 is 22.0 Å². The maximum absolute atomic E-state index is 14.3. The van der Waals surface area contributed by atoms with Crippen LogP contribution in [0.25, 0.3) is 10.9 Å². The molecule has 0 saturated carbocycles. The number of hydrazine groups is 1. The number of alkyl halides is 3. The van der Waals surface area contributed by atoms with E-state index in [0.29, 0.717) is 47.5 Å². The largest absolute Gasteiger partial charge is 0.417 e. The van der Waals surface area contributed by atoms with Crippen LogP contribution in [0.5, 0.6) is 0 Å². The molecule has 1 unspecified atom stereocenters. The Kier molecular flexibility index (Phi) is 7.56. The minimum absolute atomic E-state index is 0.108. The molecule has 0 radical (unpaired) electrons. The van der Waals surface area contributed by atoms with E-state index in [-0.39, 0.29) is 18.0 Å². The molecule has 1 aliphatic rings. The van der Waals surface area contributed by atoms with Crippen LogP contribution >= 0.6 is 0 Å². The van der Waals surface area contributed by atoms with Gasteiger partial charge in [0.05, 0.1) is 22.8 Å². The Bertz CT molecular complexity index is 1480. The summed E-state index contributed by atoms with van der Waals surface area (Å²) in [6, 6.07) is 11.8. The molecule has 3 N–H and O–H groups in total. The molecule has 5 rings (SSSR count). The van der Waals surface area contributed by atoms with Gasteiger partial charge in [-0.15, -0.1) is 0 Å². The molecule has 0 aliphatic carbocycles. The maximum atomic E-state index is 14.3. The second kappa shape index (κ2) is 10.9. The number of hydrogen-bond acceptors (Lipinski definition) is 7. The van der Waals surface area contributed by atoms with Gasteiger partial charge in [-0.3, -0.25) is 15.3 Å². The van der Waals surface area contributed by atoms with Crippen LogP contribution < -0.4 is 16.2 Å². The van der Waals surface area contributed by atoms with Gasteiger partial charge in [0.25, 0.3) is 0 Å². The van der Waals surface area contributed by atoms with Crippen molar-refractivity contribution in [3.63, 3.8) is 0 Å². The number of hydrogen-bond donors (Lipinski definition) is 2. The van der Waals surface area contributed by atoms with E-state index in [1.165, 1.54) is 30.3 Å². The van der Waals surface area contributed by atoms with Crippen molar-refractivity contribution in [1.29, 1.82) is 0 Å². The van der Waals surface area contributed by atoms with Gasteiger partial charge in [-0.05, 0) is 61.4 Å². The van der Waals surface area contributed by atoms with Gasteiger partial charge in [0, 0.05) is 36.8 Å². The Morgan fingerprint density at radius 2 is 1.73 bits per heavy atom. The van der Waals surface area contributed by atoms with Crippen LogP contribution in [-0.4, -0.2) is 45.0 Å². The number of nitrogens with two attached hydrogens (primary N) is 1.